The van der Waals surface area contributed by atoms with Crippen LogP contribution in [-0.2, 0) is 17.8 Å². The maximum atomic E-state index is 13.8. The summed E-state index contributed by atoms with van der Waals surface area (Å²) in [5.74, 6) is 0. The van der Waals surface area contributed by atoms with Crippen LogP contribution in [0.25, 0.3) is 0 Å². The number of alkyl halides is 3. The third kappa shape index (κ3) is 5.84. The quantitative estimate of drug-likeness (QED) is 0.625. The summed E-state index contributed by atoms with van der Waals surface area (Å²) in [4.78, 5) is 2.28. The molecular weight excluding hydrogens is 391 g/mol. The zero-order valence-corrected chi connectivity index (χ0v) is 17.3. The lowest BCUT2D eigenvalue weighted by molar-refractivity contribution is -0.294. The van der Waals surface area contributed by atoms with Crippen molar-refractivity contribution in [1.82, 2.24) is 4.90 Å². The highest BCUT2D eigenvalue weighted by molar-refractivity contribution is 5.17. The van der Waals surface area contributed by atoms with E-state index in [1.165, 1.54) is 6.92 Å². The number of halogens is 3. The van der Waals surface area contributed by atoms with Crippen molar-refractivity contribution in [1.29, 1.82) is 0 Å². The molecule has 30 heavy (non-hydrogen) atoms. The summed E-state index contributed by atoms with van der Waals surface area (Å²) >= 11 is 0. The van der Waals surface area contributed by atoms with Gasteiger partial charge in [0.25, 0.3) is 0 Å². The van der Waals surface area contributed by atoms with Crippen molar-refractivity contribution in [2.75, 3.05) is 6.61 Å². The Balaban J connectivity index is 1.74. The van der Waals surface area contributed by atoms with Gasteiger partial charge in [-0.25, -0.2) is 0 Å². The second-order valence-corrected chi connectivity index (χ2v) is 8.26. The molecule has 1 fully saturated rings. The molecule has 0 aliphatic heterocycles. The zero-order valence-electron chi connectivity index (χ0n) is 17.3. The Morgan fingerprint density at radius 1 is 0.967 bits per heavy atom. The van der Waals surface area contributed by atoms with Gasteiger partial charge >= 0.3 is 6.18 Å². The van der Waals surface area contributed by atoms with E-state index < -0.39 is 17.9 Å². The first kappa shape index (κ1) is 22.8. The van der Waals surface area contributed by atoms with Crippen molar-refractivity contribution in [3.8, 4) is 0 Å². The molecule has 2 aromatic carbocycles. The summed E-state index contributed by atoms with van der Waals surface area (Å²) in [5, 5.41) is 9.43. The molecule has 3 nitrogen and oxygen atoms in total. The van der Waals surface area contributed by atoms with Gasteiger partial charge in [-0.1, -0.05) is 60.7 Å². The Kier molecular flexibility index (Phi) is 7.55. The monoisotopic (exact) mass is 421 g/mol. The van der Waals surface area contributed by atoms with Crippen LogP contribution in [0.2, 0.25) is 0 Å². The Hall–Kier alpha value is -1.89. The van der Waals surface area contributed by atoms with E-state index in [1.54, 1.807) is 0 Å². The van der Waals surface area contributed by atoms with Crippen molar-refractivity contribution in [3.63, 3.8) is 0 Å². The van der Waals surface area contributed by atoms with E-state index in [-0.39, 0.29) is 25.5 Å². The smallest absolute Gasteiger partial charge is 0.391 e. The lowest BCUT2D eigenvalue weighted by Gasteiger charge is -2.44. The lowest BCUT2D eigenvalue weighted by atomic mass is 9.80. The number of aliphatic hydroxyl groups is 1. The Labute approximate surface area is 176 Å². The lowest BCUT2D eigenvalue weighted by Crippen LogP contribution is -2.53. The molecule has 0 spiro atoms. The zero-order chi connectivity index (χ0) is 21.6. The number of aliphatic hydroxyl groups excluding tert-OH is 1. The van der Waals surface area contributed by atoms with Gasteiger partial charge in [-0.3, -0.25) is 4.90 Å². The fourth-order valence-electron chi connectivity index (χ4n) is 4.17. The molecule has 1 saturated carbocycles. The fourth-order valence-corrected chi connectivity index (χ4v) is 4.17. The number of hydrogen-bond acceptors (Lipinski definition) is 3. The Bertz CT molecular complexity index is 716. The minimum atomic E-state index is -4.45. The molecule has 164 valence electrons. The number of nitrogens with zero attached hydrogens (tertiary/aromatic N) is 1. The molecule has 3 rings (SSSR count). The summed E-state index contributed by atoms with van der Waals surface area (Å²) in [7, 11) is 0. The number of rotatable bonds is 8. The molecular formula is C24H30F3NO2. The Morgan fingerprint density at radius 2 is 1.43 bits per heavy atom. The molecule has 0 amide bonds. The molecule has 0 aromatic heterocycles. The van der Waals surface area contributed by atoms with E-state index in [1.807, 2.05) is 60.7 Å². The van der Waals surface area contributed by atoms with Gasteiger partial charge in [-0.2, -0.15) is 13.2 Å². The van der Waals surface area contributed by atoms with Crippen LogP contribution in [0.4, 0.5) is 13.2 Å². The largest absolute Gasteiger partial charge is 0.417 e. The van der Waals surface area contributed by atoms with Crippen LogP contribution in [0.15, 0.2) is 60.7 Å². The van der Waals surface area contributed by atoms with Crippen molar-refractivity contribution >= 4 is 0 Å². The summed E-state index contributed by atoms with van der Waals surface area (Å²) in [6, 6.07) is 20.1. The summed E-state index contributed by atoms with van der Waals surface area (Å²) in [5.41, 5.74) is 0.129. The maximum absolute atomic E-state index is 13.8. The van der Waals surface area contributed by atoms with Crippen LogP contribution in [0, 0.1) is 0 Å². The molecule has 2 aromatic rings. The molecule has 1 aliphatic rings. The van der Waals surface area contributed by atoms with Crippen molar-refractivity contribution in [2.45, 2.75) is 69.6 Å². The van der Waals surface area contributed by atoms with E-state index in [4.69, 9.17) is 4.74 Å². The van der Waals surface area contributed by atoms with E-state index >= 15 is 0 Å². The van der Waals surface area contributed by atoms with Gasteiger partial charge in [0.15, 0.2) is 5.60 Å². The number of benzene rings is 2. The van der Waals surface area contributed by atoms with Crippen LogP contribution < -0.4 is 0 Å². The third-order valence-corrected chi connectivity index (χ3v) is 5.85. The first-order valence-corrected chi connectivity index (χ1v) is 10.5. The van der Waals surface area contributed by atoms with E-state index in [2.05, 4.69) is 4.90 Å². The van der Waals surface area contributed by atoms with Crippen molar-refractivity contribution in [3.05, 3.63) is 71.8 Å². The predicted molar refractivity (Wildman–Crippen MR) is 111 cm³/mol. The highest BCUT2D eigenvalue weighted by atomic mass is 19.4. The standard InChI is InChI=1S/C24H30F3NO2/c1-19(29)18-30-23(24(25,26)27)14-12-22(13-15-23)28(16-20-8-4-2-5-9-20)17-21-10-6-3-7-11-21/h2-11,19,22,29H,12-18H2,1H3/t19-,22-,23-/m0/s1. The number of hydrogen-bond donors (Lipinski definition) is 1. The molecule has 0 unspecified atom stereocenters. The highest BCUT2D eigenvalue weighted by Crippen LogP contribution is 2.45. The van der Waals surface area contributed by atoms with Crippen molar-refractivity contribution in [2.24, 2.45) is 0 Å². The van der Waals surface area contributed by atoms with E-state index in [0.717, 1.165) is 11.1 Å². The second kappa shape index (κ2) is 9.94. The van der Waals surface area contributed by atoms with Gasteiger partial charge in [0, 0.05) is 19.1 Å². The second-order valence-electron chi connectivity index (χ2n) is 8.26. The molecule has 1 aliphatic carbocycles. The fraction of sp³-hybridized carbons (Fsp3) is 0.500. The minimum Gasteiger partial charge on any atom is -0.391 e. The summed E-state index contributed by atoms with van der Waals surface area (Å²) in [6.07, 6.45) is -4.74. The van der Waals surface area contributed by atoms with Crippen LogP contribution in [0.1, 0.15) is 43.7 Å². The van der Waals surface area contributed by atoms with Gasteiger partial charge in [0.2, 0.25) is 0 Å². The molecule has 0 heterocycles. The topological polar surface area (TPSA) is 32.7 Å². The predicted octanol–water partition coefficient (Wildman–Crippen LogP) is 5.33. The summed E-state index contributed by atoms with van der Waals surface area (Å²) in [6.45, 7) is 2.51. The van der Waals surface area contributed by atoms with E-state index in [9.17, 15) is 18.3 Å². The average molecular weight is 422 g/mol. The maximum Gasteiger partial charge on any atom is 0.417 e. The molecule has 0 saturated heterocycles. The Morgan fingerprint density at radius 3 is 1.83 bits per heavy atom. The van der Waals surface area contributed by atoms with Gasteiger partial charge in [-0.05, 0) is 43.7 Å². The molecule has 6 heteroatoms. The number of ether oxygens (including phenoxy) is 1. The van der Waals surface area contributed by atoms with E-state index in [0.29, 0.717) is 25.9 Å². The first-order valence-electron chi connectivity index (χ1n) is 10.5. The van der Waals surface area contributed by atoms with Gasteiger partial charge < -0.3 is 9.84 Å². The van der Waals surface area contributed by atoms with Gasteiger partial charge in [0.05, 0.1) is 12.7 Å². The minimum absolute atomic E-state index is 0.0380. The third-order valence-electron chi connectivity index (χ3n) is 5.85. The van der Waals surface area contributed by atoms with Gasteiger partial charge in [0.1, 0.15) is 0 Å². The molecule has 1 N–H and O–H groups in total. The first-order chi connectivity index (χ1) is 14.3. The van der Waals surface area contributed by atoms with Crippen LogP contribution >= 0.6 is 0 Å². The molecule has 1 atom stereocenters. The van der Waals surface area contributed by atoms with Crippen LogP contribution in [0.5, 0.6) is 0 Å². The average Bonchev–Trinajstić information content (AvgIpc) is 2.73. The summed E-state index contributed by atoms with van der Waals surface area (Å²) < 4.78 is 46.8. The highest BCUT2D eigenvalue weighted by Gasteiger charge is 2.57. The van der Waals surface area contributed by atoms with Gasteiger partial charge in [-0.15, -0.1) is 0 Å². The molecule has 0 bridgehead atoms. The normalized spacial score (nSPS) is 23.5. The van der Waals surface area contributed by atoms with Crippen LogP contribution in [-0.4, -0.2) is 40.5 Å². The molecule has 0 radical (unpaired) electrons. The SMILES string of the molecule is C[C@H](O)CO[C@]1(C(F)(F)F)CC[C@@H](N(Cc2ccccc2)Cc2ccccc2)CC1. The van der Waals surface area contributed by atoms with Crippen LogP contribution in [0.3, 0.4) is 0 Å². The van der Waals surface area contributed by atoms with Crippen molar-refractivity contribution < 1.29 is 23.0 Å².